The maximum absolute atomic E-state index is 13.1. The van der Waals surface area contributed by atoms with Gasteiger partial charge in [-0.05, 0) is 42.5 Å². The molecule has 2 aromatic carbocycles. The van der Waals surface area contributed by atoms with Crippen LogP contribution < -0.4 is 20.1 Å². The van der Waals surface area contributed by atoms with E-state index in [1.165, 1.54) is 0 Å². The largest absolute Gasteiger partial charge is 0.493 e. The van der Waals surface area contributed by atoms with Crippen molar-refractivity contribution in [2.45, 2.75) is 44.1 Å². The standard InChI is InChI=1S/C28H36N2O4.ClH/c1-33-25-16-15-22(21-26(25)34-2)17-20-29-18-9-10-19-30-27(31)28(32,23-11-5-3-6-12-23)24-13-7-4-8-14-24;/h3,5-6,11-12,15-16,21,24,29,32H,4,7-8,13-14,17-20H2,1-2H3,(H,30,31);1H. The Morgan fingerprint density at radius 3 is 2.37 bits per heavy atom. The summed E-state index contributed by atoms with van der Waals surface area (Å²) >= 11 is 0. The Hall–Kier alpha value is -2.72. The van der Waals surface area contributed by atoms with Crippen molar-refractivity contribution in [1.29, 1.82) is 0 Å². The van der Waals surface area contributed by atoms with Crippen molar-refractivity contribution >= 4 is 18.3 Å². The van der Waals surface area contributed by atoms with Crippen LogP contribution in [0.2, 0.25) is 0 Å². The van der Waals surface area contributed by atoms with Crippen molar-refractivity contribution in [2.75, 3.05) is 33.9 Å². The van der Waals surface area contributed by atoms with Gasteiger partial charge in [0.1, 0.15) is 0 Å². The summed E-state index contributed by atoms with van der Waals surface area (Å²) in [6.07, 6.45) is 5.80. The zero-order chi connectivity index (χ0) is 24.2. The summed E-state index contributed by atoms with van der Waals surface area (Å²) in [7, 11) is 3.25. The van der Waals surface area contributed by atoms with E-state index < -0.39 is 5.60 Å². The van der Waals surface area contributed by atoms with Gasteiger partial charge in [-0.1, -0.05) is 67.5 Å². The van der Waals surface area contributed by atoms with Crippen LogP contribution in [0.5, 0.6) is 11.5 Å². The average Bonchev–Trinajstić information content (AvgIpc) is 2.90. The molecule has 0 spiro atoms. The predicted octanol–water partition coefficient (Wildman–Crippen LogP) is 3.85. The molecule has 0 aliphatic heterocycles. The van der Waals surface area contributed by atoms with Gasteiger partial charge < -0.3 is 25.2 Å². The molecule has 3 N–H and O–H groups in total. The van der Waals surface area contributed by atoms with Crippen LogP contribution in [0, 0.1) is 17.8 Å². The zero-order valence-electron chi connectivity index (χ0n) is 20.6. The van der Waals surface area contributed by atoms with Crippen LogP contribution in [0.15, 0.2) is 48.5 Å². The van der Waals surface area contributed by atoms with Gasteiger partial charge in [-0.3, -0.25) is 4.79 Å². The number of aliphatic hydroxyl groups is 1. The van der Waals surface area contributed by atoms with Gasteiger partial charge in [0, 0.05) is 12.5 Å². The molecule has 35 heavy (non-hydrogen) atoms. The van der Waals surface area contributed by atoms with Crippen molar-refractivity contribution in [1.82, 2.24) is 10.6 Å². The van der Waals surface area contributed by atoms with Crippen molar-refractivity contribution in [3.63, 3.8) is 0 Å². The van der Waals surface area contributed by atoms with Gasteiger partial charge in [0.25, 0.3) is 5.91 Å². The third kappa shape index (κ3) is 7.63. The van der Waals surface area contributed by atoms with Crippen LogP contribution in [-0.4, -0.2) is 44.9 Å². The normalized spacial score (nSPS) is 15.1. The predicted molar refractivity (Wildman–Crippen MR) is 141 cm³/mol. The Morgan fingerprint density at radius 1 is 1.00 bits per heavy atom. The number of hydrogen-bond donors (Lipinski definition) is 3. The topological polar surface area (TPSA) is 79.8 Å². The Bertz CT molecular complexity index is 983. The highest BCUT2D eigenvalue weighted by Crippen LogP contribution is 2.39. The molecule has 1 atom stereocenters. The number of ether oxygens (including phenoxy) is 2. The number of amides is 1. The Kier molecular flexibility index (Phi) is 11.9. The molecule has 190 valence electrons. The second-order valence-electron chi connectivity index (χ2n) is 8.62. The van der Waals surface area contributed by atoms with E-state index in [2.05, 4.69) is 22.5 Å². The smallest absolute Gasteiger partial charge is 0.257 e. The van der Waals surface area contributed by atoms with Crippen LogP contribution in [0.3, 0.4) is 0 Å². The first-order valence-electron chi connectivity index (χ1n) is 12.0. The molecule has 0 bridgehead atoms. The molecular formula is C28H37ClN2O4. The third-order valence-corrected chi connectivity index (χ3v) is 6.47. The summed E-state index contributed by atoms with van der Waals surface area (Å²) in [5.41, 5.74) is 0.290. The highest BCUT2D eigenvalue weighted by atomic mass is 35.5. The molecule has 0 radical (unpaired) electrons. The fraction of sp³-hybridized carbons (Fsp3) is 0.464. The minimum atomic E-state index is -1.51. The van der Waals surface area contributed by atoms with Crippen molar-refractivity contribution in [3.8, 4) is 23.3 Å². The minimum absolute atomic E-state index is 0. The molecular weight excluding hydrogens is 464 g/mol. The number of rotatable bonds is 10. The van der Waals surface area contributed by atoms with E-state index in [9.17, 15) is 9.90 Å². The van der Waals surface area contributed by atoms with Crippen molar-refractivity contribution in [3.05, 3.63) is 59.7 Å². The molecule has 1 aliphatic carbocycles. The summed E-state index contributed by atoms with van der Waals surface area (Å²) in [5, 5.41) is 17.7. The van der Waals surface area contributed by atoms with E-state index in [1.54, 1.807) is 14.2 Å². The van der Waals surface area contributed by atoms with Gasteiger partial charge in [0.2, 0.25) is 0 Å². The van der Waals surface area contributed by atoms with Crippen molar-refractivity contribution < 1.29 is 19.4 Å². The number of hydrogen-bond acceptors (Lipinski definition) is 5. The van der Waals surface area contributed by atoms with Gasteiger partial charge in [-0.15, -0.1) is 12.4 Å². The van der Waals surface area contributed by atoms with Gasteiger partial charge >= 0.3 is 0 Å². The minimum Gasteiger partial charge on any atom is -0.493 e. The number of nitrogens with one attached hydrogen (secondary N) is 2. The fourth-order valence-electron chi connectivity index (χ4n) is 4.57. The lowest BCUT2D eigenvalue weighted by atomic mass is 9.73. The van der Waals surface area contributed by atoms with Gasteiger partial charge in [-0.2, -0.15) is 0 Å². The molecule has 1 aliphatic rings. The Labute approximate surface area is 215 Å². The molecule has 2 aromatic rings. The molecule has 0 aromatic heterocycles. The Morgan fingerprint density at radius 2 is 1.69 bits per heavy atom. The SMILES string of the molecule is COc1ccc(CCNCC#CCNC(=O)C(O)(c2ccccc2)C2CCCCC2)cc1OC.Cl. The Balaban J connectivity index is 0.00000432. The summed E-state index contributed by atoms with van der Waals surface area (Å²) < 4.78 is 10.6. The number of carbonyl (C=O) groups excluding carboxylic acids is 1. The second kappa shape index (κ2) is 14.6. The molecule has 1 fully saturated rings. The van der Waals surface area contributed by atoms with Gasteiger partial charge in [0.05, 0.1) is 27.3 Å². The van der Waals surface area contributed by atoms with E-state index in [-0.39, 0.29) is 30.8 Å². The first kappa shape index (κ1) is 28.5. The van der Waals surface area contributed by atoms with Crippen molar-refractivity contribution in [2.24, 2.45) is 5.92 Å². The van der Waals surface area contributed by atoms with Crippen LogP contribution in [0.1, 0.15) is 43.2 Å². The second-order valence-corrected chi connectivity index (χ2v) is 8.62. The van der Waals surface area contributed by atoms with Gasteiger partial charge in [-0.25, -0.2) is 0 Å². The molecule has 0 heterocycles. The first-order chi connectivity index (χ1) is 16.6. The summed E-state index contributed by atoms with van der Waals surface area (Å²) in [4.78, 5) is 13.1. The van der Waals surface area contributed by atoms with E-state index in [0.717, 1.165) is 62.1 Å². The average molecular weight is 501 g/mol. The monoisotopic (exact) mass is 500 g/mol. The molecule has 7 heteroatoms. The summed E-state index contributed by atoms with van der Waals surface area (Å²) in [6.45, 7) is 1.50. The van der Waals surface area contributed by atoms with Crippen LogP contribution in [-0.2, 0) is 16.8 Å². The number of carbonyl (C=O) groups is 1. The molecule has 0 saturated heterocycles. The lowest BCUT2D eigenvalue weighted by molar-refractivity contribution is -0.149. The van der Waals surface area contributed by atoms with E-state index >= 15 is 0 Å². The van der Waals surface area contributed by atoms with E-state index in [0.29, 0.717) is 12.1 Å². The number of methoxy groups -OCH3 is 2. The zero-order valence-corrected chi connectivity index (χ0v) is 21.5. The maximum Gasteiger partial charge on any atom is 0.257 e. The van der Waals surface area contributed by atoms with Crippen LogP contribution in [0.4, 0.5) is 0 Å². The molecule has 1 unspecified atom stereocenters. The van der Waals surface area contributed by atoms with E-state index in [4.69, 9.17) is 9.47 Å². The van der Waals surface area contributed by atoms with Gasteiger partial charge in [0.15, 0.2) is 17.1 Å². The lowest BCUT2D eigenvalue weighted by Crippen LogP contribution is -2.50. The fourth-order valence-corrected chi connectivity index (χ4v) is 4.57. The quantitative estimate of drug-likeness (QED) is 0.341. The highest BCUT2D eigenvalue weighted by molar-refractivity contribution is 5.87. The maximum atomic E-state index is 13.1. The first-order valence-corrected chi connectivity index (χ1v) is 12.0. The molecule has 6 nitrogen and oxygen atoms in total. The number of benzene rings is 2. The lowest BCUT2D eigenvalue weighted by Gasteiger charge is -2.37. The third-order valence-electron chi connectivity index (χ3n) is 6.47. The summed E-state index contributed by atoms with van der Waals surface area (Å²) in [6, 6.07) is 15.2. The highest BCUT2D eigenvalue weighted by Gasteiger charge is 2.45. The molecule has 1 amide bonds. The molecule has 3 rings (SSSR count). The summed E-state index contributed by atoms with van der Waals surface area (Å²) in [5.74, 6) is 7.02. The number of halogens is 1. The van der Waals surface area contributed by atoms with Crippen LogP contribution >= 0.6 is 12.4 Å². The molecule has 1 saturated carbocycles. The van der Waals surface area contributed by atoms with E-state index in [1.807, 2.05) is 48.5 Å². The van der Waals surface area contributed by atoms with Crippen LogP contribution in [0.25, 0.3) is 0 Å².